The first-order valence-electron chi connectivity index (χ1n) is 4.64. The summed E-state index contributed by atoms with van der Waals surface area (Å²) in [7, 11) is 0. The summed E-state index contributed by atoms with van der Waals surface area (Å²) in [4.78, 5) is 0. The zero-order chi connectivity index (χ0) is 9.56. The van der Waals surface area contributed by atoms with Crippen LogP contribution in [-0.4, -0.2) is 35.6 Å². The fraction of sp³-hybridized carbons (Fsp3) is 1.00. The van der Waals surface area contributed by atoms with E-state index >= 15 is 0 Å². The maximum Gasteiger partial charge on any atom is 0.106 e. The highest BCUT2D eigenvalue weighted by atomic mass is 16.5. The van der Waals surface area contributed by atoms with Gasteiger partial charge in [-0.05, 0) is 12.3 Å². The summed E-state index contributed by atoms with van der Waals surface area (Å²) in [5.41, 5.74) is 0. The van der Waals surface area contributed by atoms with Gasteiger partial charge in [0.15, 0.2) is 0 Å². The monoisotopic (exact) mass is 176 g/mol. The number of rotatable bonds is 1. The predicted octanol–water partition coefficient (Wildman–Crippen LogP) is 0.791. The van der Waals surface area contributed by atoms with Crippen molar-refractivity contribution in [1.82, 2.24) is 0 Å². The molecule has 0 aromatic carbocycles. The van der Waals surface area contributed by atoms with Crippen LogP contribution in [0.2, 0.25) is 0 Å². The molecule has 0 radical (unpaired) electrons. The quantitative estimate of drug-likeness (QED) is 0.621. The van der Waals surface area contributed by atoms with Crippen LogP contribution in [0.3, 0.4) is 0 Å². The fourth-order valence-corrected chi connectivity index (χ4v) is 1.21. The van der Waals surface area contributed by atoms with Gasteiger partial charge >= 0.3 is 0 Å². The Labute approximate surface area is 74.4 Å². The Morgan fingerprint density at radius 2 is 2.00 bits per heavy atom. The lowest BCUT2D eigenvalue weighted by atomic mass is 9.98. The Morgan fingerprint density at radius 3 is 2.42 bits per heavy atom. The average molecular weight is 176 g/mol. The van der Waals surface area contributed by atoms with Crippen LogP contribution in [0.1, 0.15) is 27.2 Å². The lowest BCUT2D eigenvalue weighted by Gasteiger charge is -2.30. The largest absolute Gasteiger partial charge is 0.394 e. The van der Waals surface area contributed by atoms with Gasteiger partial charge in [-0.3, -0.25) is 0 Å². The smallest absolute Gasteiger partial charge is 0.106 e. The highest BCUT2D eigenvalue weighted by molar-refractivity contribution is 4.75. The van der Waals surface area contributed by atoms with Gasteiger partial charge in [0.2, 0.25) is 0 Å². The Balaban J connectivity index is 0.000000561. The van der Waals surface area contributed by atoms with Gasteiger partial charge in [0.05, 0.1) is 12.7 Å². The third kappa shape index (κ3) is 3.52. The fourth-order valence-electron chi connectivity index (χ4n) is 1.21. The number of hydrogen-bond acceptors (Lipinski definition) is 3. The first-order valence-corrected chi connectivity index (χ1v) is 4.64. The third-order valence-corrected chi connectivity index (χ3v) is 1.85. The predicted molar refractivity (Wildman–Crippen MR) is 48.0 cm³/mol. The molecular formula is C9H20O3. The summed E-state index contributed by atoms with van der Waals surface area (Å²) in [5.74, 6) is 0.415. The summed E-state index contributed by atoms with van der Waals surface area (Å²) in [6.07, 6.45) is -0.0875. The van der Waals surface area contributed by atoms with Gasteiger partial charge in [-0.25, -0.2) is 0 Å². The van der Waals surface area contributed by atoms with Gasteiger partial charge in [-0.2, -0.15) is 0 Å². The van der Waals surface area contributed by atoms with Crippen LogP contribution in [0.25, 0.3) is 0 Å². The molecular weight excluding hydrogens is 156 g/mol. The molecule has 3 nitrogen and oxygen atoms in total. The van der Waals surface area contributed by atoms with Crippen molar-refractivity contribution in [1.29, 1.82) is 0 Å². The Bertz CT molecular complexity index is 106. The zero-order valence-corrected chi connectivity index (χ0v) is 8.16. The van der Waals surface area contributed by atoms with Gasteiger partial charge in [0, 0.05) is 6.61 Å². The molecule has 0 amide bonds. The van der Waals surface area contributed by atoms with Crippen LogP contribution in [0, 0.1) is 5.92 Å². The molecule has 1 heterocycles. The topological polar surface area (TPSA) is 49.7 Å². The molecule has 1 saturated heterocycles. The molecule has 0 bridgehead atoms. The zero-order valence-electron chi connectivity index (χ0n) is 8.16. The molecule has 74 valence electrons. The van der Waals surface area contributed by atoms with E-state index in [2.05, 4.69) is 0 Å². The number of ether oxygens (including phenoxy) is 1. The van der Waals surface area contributed by atoms with Crippen LogP contribution in [-0.2, 0) is 4.74 Å². The van der Waals surface area contributed by atoms with E-state index in [-0.39, 0.29) is 12.7 Å². The molecule has 2 N–H and O–H groups in total. The van der Waals surface area contributed by atoms with Gasteiger partial charge in [0.1, 0.15) is 6.10 Å². The van der Waals surface area contributed by atoms with Crippen LogP contribution in [0.15, 0.2) is 0 Å². The normalized spacial score (nSPS) is 35.2. The minimum atomic E-state index is -0.478. The second-order valence-corrected chi connectivity index (χ2v) is 2.96. The maximum atomic E-state index is 9.25. The molecule has 0 aliphatic carbocycles. The molecule has 0 aromatic heterocycles. The van der Waals surface area contributed by atoms with E-state index in [0.29, 0.717) is 12.5 Å². The van der Waals surface area contributed by atoms with Crippen LogP contribution >= 0.6 is 0 Å². The van der Waals surface area contributed by atoms with Gasteiger partial charge in [-0.15, -0.1) is 0 Å². The summed E-state index contributed by atoms with van der Waals surface area (Å²) >= 11 is 0. The molecule has 0 aromatic rings. The SMILES string of the molecule is CC.CC1CO[C@H](CO)[C@@H](O)C1. The standard InChI is InChI=1S/C7H14O3.C2H6/c1-5-2-6(9)7(3-8)10-4-5;1-2/h5-9H,2-4H2,1H3;1-2H3/t5?,6-,7+;/m0./s1. The van der Waals surface area contributed by atoms with Crippen molar-refractivity contribution in [2.24, 2.45) is 5.92 Å². The van der Waals surface area contributed by atoms with Crippen LogP contribution in [0.4, 0.5) is 0 Å². The van der Waals surface area contributed by atoms with Crippen LogP contribution in [0.5, 0.6) is 0 Å². The van der Waals surface area contributed by atoms with Crippen molar-refractivity contribution in [2.45, 2.75) is 39.4 Å². The molecule has 1 unspecified atom stereocenters. The van der Waals surface area contributed by atoms with Crippen molar-refractivity contribution in [3.8, 4) is 0 Å². The Kier molecular flexibility index (Phi) is 6.34. The van der Waals surface area contributed by atoms with Crippen molar-refractivity contribution in [2.75, 3.05) is 13.2 Å². The minimum Gasteiger partial charge on any atom is -0.394 e. The molecule has 0 spiro atoms. The molecule has 1 aliphatic heterocycles. The van der Waals surface area contributed by atoms with Crippen LogP contribution < -0.4 is 0 Å². The first kappa shape index (κ1) is 11.9. The van der Waals surface area contributed by atoms with Crippen molar-refractivity contribution in [3.63, 3.8) is 0 Å². The molecule has 1 rings (SSSR count). The summed E-state index contributed by atoms with van der Waals surface area (Å²) in [5, 5.41) is 17.9. The molecule has 0 saturated carbocycles. The molecule has 1 aliphatic rings. The number of hydrogen-bond donors (Lipinski definition) is 2. The summed E-state index contributed by atoms with van der Waals surface area (Å²) < 4.78 is 5.15. The van der Waals surface area contributed by atoms with Gasteiger partial charge in [-0.1, -0.05) is 20.8 Å². The van der Waals surface area contributed by atoms with E-state index in [0.717, 1.165) is 6.42 Å². The second-order valence-electron chi connectivity index (χ2n) is 2.96. The highest BCUT2D eigenvalue weighted by Gasteiger charge is 2.26. The van der Waals surface area contributed by atoms with E-state index in [1.54, 1.807) is 0 Å². The Morgan fingerprint density at radius 1 is 1.42 bits per heavy atom. The van der Waals surface area contributed by atoms with Gasteiger partial charge < -0.3 is 14.9 Å². The highest BCUT2D eigenvalue weighted by Crippen LogP contribution is 2.18. The summed E-state index contributed by atoms with van der Waals surface area (Å²) in [6, 6.07) is 0. The van der Waals surface area contributed by atoms with E-state index in [4.69, 9.17) is 9.84 Å². The average Bonchev–Trinajstić information content (AvgIpc) is 2.08. The third-order valence-electron chi connectivity index (χ3n) is 1.85. The van der Waals surface area contributed by atoms with E-state index in [9.17, 15) is 5.11 Å². The molecule has 12 heavy (non-hydrogen) atoms. The lowest BCUT2D eigenvalue weighted by molar-refractivity contribution is -0.113. The second kappa shape index (κ2) is 6.40. The lowest BCUT2D eigenvalue weighted by Crippen LogP contribution is -2.39. The number of aliphatic hydroxyl groups excluding tert-OH is 2. The van der Waals surface area contributed by atoms with Crippen molar-refractivity contribution < 1.29 is 14.9 Å². The van der Waals surface area contributed by atoms with Crippen molar-refractivity contribution in [3.05, 3.63) is 0 Å². The molecule has 1 fully saturated rings. The molecule has 3 atom stereocenters. The van der Waals surface area contributed by atoms with Gasteiger partial charge in [0.25, 0.3) is 0 Å². The summed E-state index contributed by atoms with van der Waals surface area (Å²) in [6.45, 7) is 6.60. The first-order chi connectivity index (χ1) is 5.74. The Hall–Kier alpha value is -0.120. The minimum absolute atomic E-state index is 0.0755. The maximum absolute atomic E-state index is 9.25. The van der Waals surface area contributed by atoms with E-state index < -0.39 is 6.10 Å². The van der Waals surface area contributed by atoms with E-state index in [1.807, 2.05) is 20.8 Å². The van der Waals surface area contributed by atoms with Crippen molar-refractivity contribution >= 4 is 0 Å². The van der Waals surface area contributed by atoms with E-state index in [1.165, 1.54) is 0 Å². The molecule has 3 heteroatoms. The number of aliphatic hydroxyl groups is 2.